The fourth-order valence-electron chi connectivity index (χ4n) is 2.23. The van der Waals surface area contributed by atoms with Crippen LogP contribution in [-0.2, 0) is 31.8 Å². The minimum atomic E-state index is -0.648. The van der Waals surface area contributed by atoms with Crippen LogP contribution in [0.2, 0.25) is 0 Å². The molecular formula is C13H13NO6. The highest BCUT2D eigenvalue weighted by molar-refractivity contribution is 5.62. The Kier molecular flexibility index (Phi) is 3.41. The molecule has 0 aromatic carbocycles. The van der Waals surface area contributed by atoms with E-state index in [-0.39, 0.29) is 25.4 Å². The van der Waals surface area contributed by atoms with Crippen molar-refractivity contribution in [3.05, 3.63) is 29.6 Å². The molecule has 0 aliphatic carbocycles. The van der Waals surface area contributed by atoms with E-state index in [9.17, 15) is 9.59 Å². The van der Waals surface area contributed by atoms with Gasteiger partial charge in [0.15, 0.2) is 0 Å². The molecule has 3 rings (SSSR count). The van der Waals surface area contributed by atoms with E-state index in [4.69, 9.17) is 18.9 Å². The molecular weight excluding hydrogens is 266 g/mol. The standard InChI is InChI=1S/C13H13NO6/c15-12-17-6-9(19-12)4-8-2-1-3-14-11(8)5-10-7-18-13(16)20-10/h1-3,9-10H,4-7H2. The number of carbonyl (C=O) groups is 2. The van der Waals surface area contributed by atoms with Crippen molar-refractivity contribution in [2.45, 2.75) is 25.0 Å². The summed E-state index contributed by atoms with van der Waals surface area (Å²) in [6, 6.07) is 3.72. The van der Waals surface area contributed by atoms with Crippen LogP contribution in [0.1, 0.15) is 11.3 Å². The highest BCUT2D eigenvalue weighted by atomic mass is 16.8. The minimum Gasteiger partial charge on any atom is -0.430 e. The van der Waals surface area contributed by atoms with Gasteiger partial charge in [-0.25, -0.2) is 9.59 Å². The normalized spacial score (nSPS) is 24.8. The molecule has 0 spiro atoms. The van der Waals surface area contributed by atoms with Crippen molar-refractivity contribution in [1.82, 2.24) is 4.98 Å². The van der Waals surface area contributed by atoms with E-state index in [1.807, 2.05) is 12.1 Å². The number of rotatable bonds is 4. The molecule has 7 heteroatoms. The van der Waals surface area contributed by atoms with Gasteiger partial charge < -0.3 is 18.9 Å². The first kappa shape index (κ1) is 12.7. The zero-order chi connectivity index (χ0) is 13.9. The maximum absolute atomic E-state index is 10.9. The maximum Gasteiger partial charge on any atom is 0.508 e. The number of ether oxygens (including phenoxy) is 4. The van der Waals surface area contributed by atoms with E-state index in [2.05, 4.69) is 4.98 Å². The van der Waals surface area contributed by atoms with E-state index >= 15 is 0 Å². The van der Waals surface area contributed by atoms with E-state index < -0.39 is 12.3 Å². The second kappa shape index (κ2) is 5.36. The van der Waals surface area contributed by atoms with Gasteiger partial charge in [0.2, 0.25) is 0 Å². The molecule has 2 saturated heterocycles. The molecule has 1 aromatic rings. The van der Waals surface area contributed by atoms with Crippen LogP contribution in [0, 0.1) is 0 Å². The first-order valence-corrected chi connectivity index (χ1v) is 6.30. The first-order valence-electron chi connectivity index (χ1n) is 6.30. The third-order valence-electron chi connectivity index (χ3n) is 3.15. The summed E-state index contributed by atoms with van der Waals surface area (Å²) < 4.78 is 19.5. The van der Waals surface area contributed by atoms with Crippen LogP contribution in [-0.4, -0.2) is 42.7 Å². The van der Waals surface area contributed by atoms with Crippen molar-refractivity contribution in [1.29, 1.82) is 0 Å². The lowest BCUT2D eigenvalue weighted by atomic mass is 10.0. The number of aromatic nitrogens is 1. The zero-order valence-electron chi connectivity index (χ0n) is 10.6. The number of nitrogens with zero attached hydrogens (tertiary/aromatic N) is 1. The van der Waals surface area contributed by atoms with Crippen molar-refractivity contribution in [3.63, 3.8) is 0 Å². The Labute approximate surface area is 114 Å². The zero-order valence-corrected chi connectivity index (χ0v) is 10.6. The van der Waals surface area contributed by atoms with E-state index in [0.717, 1.165) is 11.3 Å². The van der Waals surface area contributed by atoms with Gasteiger partial charge in [-0.15, -0.1) is 0 Å². The molecule has 2 unspecified atom stereocenters. The summed E-state index contributed by atoms with van der Waals surface area (Å²) in [7, 11) is 0. The van der Waals surface area contributed by atoms with E-state index in [0.29, 0.717) is 12.8 Å². The van der Waals surface area contributed by atoms with Crippen molar-refractivity contribution in [3.8, 4) is 0 Å². The Morgan fingerprint density at radius 1 is 1.05 bits per heavy atom. The van der Waals surface area contributed by atoms with E-state index in [1.165, 1.54) is 0 Å². The largest absolute Gasteiger partial charge is 0.508 e. The molecule has 2 aliphatic rings. The van der Waals surface area contributed by atoms with Gasteiger partial charge in [0, 0.05) is 24.7 Å². The van der Waals surface area contributed by atoms with Gasteiger partial charge in [0.25, 0.3) is 0 Å². The molecule has 2 fully saturated rings. The number of hydrogen-bond acceptors (Lipinski definition) is 7. The molecule has 0 N–H and O–H groups in total. The van der Waals surface area contributed by atoms with Crippen molar-refractivity contribution < 1.29 is 28.5 Å². The Hall–Kier alpha value is -2.31. The van der Waals surface area contributed by atoms with Crippen LogP contribution in [0.3, 0.4) is 0 Å². The third kappa shape index (κ3) is 2.81. The average Bonchev–Trinajstić information content (AvgIpc) is 3.01. The quantitative estimate of drug-likeness (QED) is 0.766. The lowest BCUT2D eigenvalue weighted by molar-refractivity contribution is 0.115. The van der Waals surface area contributed by atoms with Crippen LogP contribution in [0.4, 0.5) is 9.59 Å². The molecule has 0 amide bonds. The molecule has 0 radical (unpaired) electrons. The Morgan fingerprint density at radius 2 is 1.70 bits per heavy atom. The Morgan fingerprint density at radius 3 is 2.30 bits per heavy atom. The highest BCUT2D eigenvalue weighted by Gasteiger charge is 2.29. The van der Waals surface area contributed by atoms with Gasteiger partial charge in [0.05, 0.1) is 0 Å². The Balaban J connectivity index is 1.68. The average molecular weight is 279 g/mol. The number of pyridine rings is 1. The van der Waals surface area contributed by atoms with Crippen LogP contribution in [0.25, 0.3) is 0 Å². The van der Waals surface area contributed by atoms with Gasteiger partial charge in [-0.2, -0.15) is 0 Å². The maximum atomic E-state index is 10.9. The summed E-state index contributed by atoms with van der Waals surface area (Å²) in [5.74, 6) is 0. The van der Waals surface area contributed by atoms with Crippen molar-refractivity contribution in [2.24, 2.45) is 0 Å². The topological polar surface area (TPSA) is 84.0 Å². The second-order valence-electron chi connectivity index (χ2n) is 4.62. The monoisotopic (exact) mass is 279 g/mol. The number of cyclic esters (lactones) is 4. The molecule has 1 aromatic heterocycles. The summed E-state index contributed by atoms with van der Waals surface area (Å²) in [4.78, 5) is 26.1. The lowest BCUT2D eigenvalue weighted by Crippen LogP contribution is -2.19. The fourth-order valence-corrected chi connectivity index (χ4v) is 2.23. The minimum absolute atomic E-state index is 0.233. The molecule has 20 heavy (non-hydrogen) atoms. The van der Waals surface area contributed by atoms with Gasteiger partial charge in [-0.05, 0) is 11.6 Å². The summed E-state index contributed by atoms with van der Waals surface area (Å²) in [5, 5.41) is 0. The molecule has 2 atom stereocenters. The predicted molar refractivity (Wildman–Crippen MR) is 64.1 cm³/mol. The first-order chi connectivity index (χ1) is 9.70. The molecule has 2 aliphatic heterocycles. The fraction of sp³-hybridized carbons (Fsp3) is 0.462. The van der Waals surface area contributed by atoms with Gasteiger partial charge in [-0.3, -0.25) is 4.98 Å². The van der Waals surface area contributed by atoms with Gasteiger partial charge in [0.1, 0.15) is 25.4 Å². The summed E-state index contributed by atoms with van der Waals surface area (Å²) in [6.45, 7) is 0.477. The van der Waals surface area contributed by atoms with Crippen LogP contribution >= 0.6 is 0 Å². The van der Waals surface area contributed by atoms with Crippen LogP contribution in [0.5, 0.6) is 0 Å². The summed E-state index contributed by atoms with van der Waals surface area (Å²) in [5.41, 5.74) is 1.75. The van der Waals surface area contributed by atoms with E-state index in [1.54, 1.807) is 6.20 Å². The summed E-state index contributed by atoms with van der Waals surface area (Å²) in [6.07, 6.45) is 0.767. The van der Waals surface area contributed by atoms with Gasteiger partial charge in [-0.1, -0.05) is 6.07 Å². The molecule has 0 bridgehead atoms. The molecule has 7 nitrogen and oxygen atoms in total. The molecule has 3 heterocycles. The third-order valence-corrected chi connectivity index (χ3v) is 3.15. The number of carbonyl (C=O) groups excluding carboxylic acids is 2. The lowest BCUT2D eigenvalue weighted by Gasteiger charge is -2.12. The highest BCUT2D eigenvalue weighted by Crippen LogP contribution is 2.18. The smallest absolute Gasteiger partial charge is 0.430 e. The summed E-state index contributed by atoms with van der Waals surface area (Å²) >= 11 is 0. The predicted octanol–water partition coefficient (Wildman–Crippen LogP) is 1.24. The van der Waals surface area contributed by atoms with Gasteiger partial charge >= 0.3 is 12.3 Å². The molecule has 0 saturated carbocycles. The SMILES string of the molecule is O=C1OCC(Cc2cccnc2CC2COC(=O)O2)O1. The molecule has 106 valence electrons. The Bertz CT molecular complexity index is 484. The van der Waals surface area contributed by atoms with Crippen LogP contribution < -0.4 is 0 Å². The van der Waals surface area contributed by atoms with Crippen molar-refractivity contribution in [2.75, 3.05) is 13.2 Å². The van der Waals surface area contributed by atoms with Crippen LogP contribution in [0.15, 0.2) is 18.3 Å². The van der Waals surface area contributed by atoms with Crippen molar-refractivity contribution >= 4 is 12.3 Å². The second-order valence-corrected chi connectivity index (χ2v) is 4.62. The number of hydrogen-bond donors (Lipinski definition) is 0.